The second kappa shape index (κ2) is 5.82. The molecule has 0 heterocycles. The first-order chi connectivity index (χ1) is 11.9. The number of carbonyl (C=O) groups excluding carboxylic acids is 2. The number of hydrogen-bond donors (Lipinski definition) is 0. The lowest BCUT2D eigenvalue weighted by atomic mass is 9.48. The molecule has 4 aliphatic carbocycles. The lowest BCUT2D eigenvalue weighted by molar-refractivity contribution is -0.148. The van der Waals surface area contributed by atoms with Crippen molar-refractivity contribution in [1.29, 1.82) is 0 Å². The third-order valence-electron chi connectivity index (χ3n) is 7.87. The van der Waals surface area contributed by atoms with Crippen LogP contribution in [-0.2, 0) is 14.3 Å². The Labute approximate surface area is 150 Å². The van der Waals surface area contributed by atoms with Gasteiger partial charge < -0.3 is 4.74 Å². The molecule has 3 heteroatoms. The average Bonchev–Trinajstić information content (AvgIpc) is 2.91. The summed E-state index contributed by atoms with van der Waals surface area (Å²) < 4.78 is 5.73. The van der Waals surface area contributed by atoms with Crippen molar-refractivity contribution in [2.45, 2.75) is 71.8 Å². The fourth-order valence-corrected chi connectivity index (χ4v) is 6.55. The summed E-state index contributed by atoms with van der Waals surface area (Å²) in [6, 6.07) is 0. The van der Waals surface area contributed by atoms with E-state index in [4.69, 9.17) is 4.74 Å². The molecule has 0 saturated heterocycles. The van der Waals surface area contributed by atoms with E-state index in [1.54, 1.807) is 6.08 Å². The van der Waals surface area contributed by atoms with Crippen molar-refractivity contribution in [3.63, 3.8) is 0 Å². The normalized spacial score (nSPS) is 45.2. The number of rotatable bonds is 2. The van der Waals surface area contributed by atoms with Crippen molar-refractivity contribution < 1.29 is 14.3 Å². The number of esters is 1. The van der Waals surface area contributed by atoms with Crippen LogP contribution in [0.5, 0.6) is 0 Å². The minimum Gasteiger partial charge on any atom is -0.462 e. The quantitative estimate of drug-likeness (QED) is 0.688. The molecular formula is C22H30O3. The van der Waals surface area contributed by atoms with Crippen molar-refractivity contribution >= 4 is 11.8 Å². The number of allylic oxidation sites excluding steroid dienone is 4. The fourth-order valence-electron chi connectivity index (χ4n) is 6.55. The minimum absolute atomic E-state index is 0.0519. The Kier molecular flexibility index (Phi) is 3.97. The summed E-state index contributed by atoms with van der Waals surface area (Å²) in [7, 11) is 0. The summed E-state index contributed by atoms with van der Waals surface area (Å²) >= 11 is 0. The van der Waals surface area contributed by atoms with E-state index in [2.05, 4.69) is 19.9 Å². The van der Waals surface area contributed by atoms with E-state index in [0.717, 1.165) is 19.3 Å². The lowest BCUT2D eigenvalue weighted by Gasteiger charge is -2.56. The predicted molar refractivity (Wildman–Crippen MR) is 96.8 cm³/mol. The van der Waals surface area contributed by atoms with Crippen molar-refractivity contribution in [3.8, 4) is 0 Å². The number of fused-ring (bicyclic) bond motifs is 5. The highest BCUT2D eigenvalue weighted by Gasteiger charge is 2.57. The fraction of sp³-hybridized carbons (Fsp3) is 0.727. The maximum Gasteiger partial charge on any atom is 0.305 e. The molecule has 0 aliphatic heterocycles. The monoisotopic (exact) mass is 342 g/mol. The van der Waals surface area contributed by atoms with Gasteiger partial charge in [0.15, 0.2) is 5.78 Å². The second-order valence-electron chi connectivity index (χ2n) is 9.20. The highest BCUT2D eigenvalue weighted by Crippen LogP contribution is 2.64. The van der Waals surface area contributed by atoms with E-state index in [1.165, 1.54) is 24.8 Å². The number of ketones is 1. The average molecular weight is 342 g/mol. The van der Waals surface area contributed by atoms with Crippen LogP contribution >= 0.6 is 0 Å². The second-order valence-corrected chi connectivity index (χ2v) is 9.20. The minimum atomic E-state index is -0.0571. The van der Waals surface area contributed by atoms with Crippen LogP contribution in [-0.4, -0.2) is 17.9 Å². The van der Waals surface area contributed by atoms with Gasteiger partial charge in [-0.3, -0.25) is 9.59 Å². The highest BCUT2D eigenvalue weighted by molar-refractivity contribution is 6.01. The topological polar surface area (TPSA) is 43.4 Å². The maximum atomic E-state index is 11.8. The van der Waals surface area contributed by atoms with Crippen molar-refractivity contribution in [1.82, 2.24) is 0 Å². The first kappa shape index (κ1) is 17.1. The van der Waals surface area contributed by atoms with Crippen molar-refractivity contribution in [2.75, 3.05) is 0 Å². The Morgan fingerprint density at radius 1 is 1.28 bits per heavy atom. The van der Waals surface area contributed by atoms with Gasteiger partial charge in [-0.15, -0.1) is 0 Å². The molecule has 0 aromatic rings. The van der Waals surface area contributed by atoms with E-state index in [-0.39, 0.29) is 23.3 Å². The van der Waals surface area contributed by atoms with Crippen molar-refractivity contribution in [2.24, 2.45) is 28.6 Å². The largest absolute Gasteiger partial charge is 0.462 e. The molecule has 25 heavy (non-hydrogen) atoms. The lowest BCUT2D eigenvalue weighted by Crippen LogP contribution is -2.48. The molecule has 0 bridgehead atoms. The third-order valence-corrected chi connectivity index (χ3v) is 7.87. The van der Waals surface area contributed by atoms with E-state index in [9.17, 15) is 9.59 Å². The van der Waals surface area contributed by atoms with Gasteiger partial charge in [0, 0.05) is 11.8 Å². The molecule has 0 radical (unpaired) electrons. The Hall–Kier alpha value is -1.38. The van der Waals surface area contributed by atoms with Gasteiger partial charge in [0.2, 0.25) is 0 Å². The zero-order valence-electron chi connectivity index (χ0n) is 15.7. The van der Waals surface area contributed by atoms with E-state index >= 15 is 0 Å². The number of hydrogen-bond acceptors (Lipinski definition) is 3. The third kappa shape index (κ3) is 2.62. The first-order valence-corrected chi connectivity index (χ1v) is 9.99. The smallest absolute Gasteiger partial charge is 0.305 e. The molecule has 4 rings (SSSR count). The van der Waals surface area contributed by atoms with Crippen LogP contribution in [0.2, 0.25) is 0 Å². The van der Waals surface area contributed by atoms with Gasteiger partial charge in [-0.25, -0.2) is 0 Å². The van der Waals surface area contributed by atoms with Gasteiger partial charge in [-0.05, 0) is 73.8 Å². The van der Waals surface area contributed by atoms with Gasteiger partial charge in [-0.1, -0.05) is 32.4 Å². The van der Waals surface area contributed by atoms with Crippen LogP contribution in [0.1, 0.15) is 65.7 Å². The summed E-state index contributed by atoms with van der Waals surface area (Å²) in [5.74, 6) is 2.04. The van der Waals surface area contributed by atoms with Crippen LogP contribution < -0.4 is 0 Å². The predicted octanol–water partition coefficient (Wildman–Crippen LogP) is 4.62. The molecule has 0 spiro atoms. The van der Waals surface area contributed by atoms with Crippen LogP contribution in [0.15, 0.2) is 23.8 Å². The summed E-state index contributed by atoms with van der Waals surface area (Å²) in [5.41, 5.74) is 1.71. The molecule has 3 nitrogen and oxygen atoms in total. The van der Waals surface area contributed by atoms with Crippen LogP contribution in [0.25, 0.3) is 0 Å². The van der Waals surface area contributed by atoms with Gasteiger partial charge in [0.1, 0.15) is 6.10 Å². The van der Waals surface area contributed by atoms with Crippen LogP contribution in [0, 0.1) is 28.6 Å². The van der Waals surface area contributed by atoms with E-state index in [1.807, 2.05) is 13.0 Å². The molecule has 0 amide bonds. The molecule has 0 aromatic carbocycles. The highest BCUT2D eigenvalue weighted by atomic mass is 16.5. The Morgan fingerprint density at radius 3 is 2.84 bits per heavy atom. The van der Waals surface area contributed by atoms with Gasteiger partial charge >= 0.3 is 5.97 Å². The Balaban J connectivity index is 1.58. The molecular weight excluding hydrogens is 312 g/mol. The van der Waals surface area contributed by atoms with E-state index < -0.39 is 0 Å². The van der Waals surface area contributed by atoms with Gasteiger partial charge in [0.25, 0.3) is 0 Å². The van der Waals surface area contributed by atoms with Crippen molar-refractivity contribution in [3.05, 3.63) is 23.8 Å². The van der Waals surface area contributed by atoms with Gasteiger partial charge in [-0.2, -0.15) is 0 Å². The zero-order chi connectivity index (χ0) is 17.8. The molecule has 0 N–H and O–H groups in total. The SMILES string of the molecule is CCC(=O)O[C@@H]1C[C@H]2[C@@H]3CCC4=CC(=O)C=C[C@]4(C)[C@H]3CC[C@]2(C)C1. The molecule has 0 aromatic heterocycles. The first-order valence-electron chi connectivity index (χ1n) is 9.99. The summed E-state index contributed by atoms with van der Waals surface area (Å²) in [6.07, 6.45) is 13.1. The standard InChI is InChI=1S/C22H30O3/c1-4-20(24)25-16-12-19-17-6-5-14-11-15(23)7-10-22(14,3)18(17)8-9-21(19,2)13-16/h7,10-11,16-19H,4-6,8-9,12-13H2,1-3H3/t16-,17-,18+,19+,21-,22+/m1/s1. The maximum absolute atomic E-state index is 11.8. The van der Waals surface area contributed by atoms with Crippen LogP contribution in [0.4, 0.5) is 0 Å². The summed E-state index contributed by atoms with van der Waals surface area (Å²) in [5, 5.41) is 0. The molecule has 3 fully saturated rings. The van der Waals surface area contributed by atoms with E-state index in [0.29, 0.717) is 29.6 Å². The number of ether oxygens (including phenoxy) is 1. The molecule has 4 aliphatic rings. The van der Waals surface area contributed by atoms with Gasteiger partial charge in [0.05, 0.1) is 0 Å². The molecule has 136 valence electrons. The summed E-state index contributed by atoms with van der Waals surface area (Å²) in [4.78, 5) is 23.6. The summed E-state index contributed by atoms with van der Waals surface area (Å²) in [6.45, 7) is 6.63. The zero-order valence-corrected chi connectivity index (χ0v) is 15.7. The Bertz CT molecular complexity index is 660. The molecule has 6 atom stereocenters. The molecule has 0 unspecified atom stereocenters. The number of carbonyl (C=O) groups is 2. The Morgan fingerprint density at radius 2 is 2.08 bits per heavy atom. The van der Waals surface area contributed by atoms with Crippen LogP contribution in [0.3, 0.4) is 0 Å². The molecule has 3 saturated carbocycles.